The highest BCUT2D eigenvalue weighted by Crippen LogP contribution is 2.21. The maximum Gasteiger partial charge on any atom is 0.242 e. The van der Waals surface area contributed by atoms with E-state index in [1.165, 1.54) is 6.42 Å². The minimum Gasteiger partial charge on any atom is -0.344 e. The van der Waals surface area contributed by atoms with Crippen molar-refractivity contribution in [1.29, 1.82) is 0 Å². The first kappa shape index (κ1) is 13.5. The predicted octanol–water partition coefficient (Wildman–Crippen LogP) is 2.02. The van der Waals surface area contributed by atoms with E-state index in [9.17, 15) is 4.79 Å². The van der Waals surface area contributed by atoms with Crippen molar-refractivity contribution in [2.45, 2.75) is 52.0 Å². The molecule has 0 saturated carbocycles. The lowest BCUT2D eigenvalue weighted by Crippen LogP contribution is -2.57. The van der Waals surface area contributed by atoms with Gasteiger partial charge in [0.15, 0.2) is 0 Å². The first-order chi connectivity index (χ1) is 7.49. The molecule has 0 bridgehead atoms. The van der Waals surface area contributed by atoms with Crippen LogP contribution in [-0.2, 0) is 4.79 Å². The zero-order valence-corrected chi connectivity index (χ0v) is 11.2. The maximum absolute atomic E-state index is 12.3. The van der Waals surface area contributed by atoms with Crippen molar-refractivity contribution in [2.75, 3.05) is 20.1 Å². The molecule has 1 aliphatic heterocycles. The van der Waals surface area contributed by atoms with Gasteiger partial charge in [-0.1, -0.05) is 20.3 Å². The van der Waals surface area contributed by atoms with E-state index in [-0.39, 0.29) is 11.4 Å². The highest BCUT2D eigenvalue weighted by molar-refractivity contribution is 5.85. The van der Waals surface area contributed by atoms with Crippen LogP contribution in [0, 0.1) is 5.92 Å². The van der Waals surface area contributed by atoms with Gasteiger partial charge >= 0.3 is 0 Å². The van der Waals surface area contributed by atoms with Crippen LogP contribution in [0.25, 0.3) is 0 Å². The van der Waals surface area contributed by atoms with Crippen LogP contribution >= 0.6 is 0 Å². The van der Waals surface area contributed by atoms with Gasteiger partial charge in [0, 0.05) is 13.6 Å². The minimum absolute atomic E-state index is 0.257. The van der Waals surface area contributed by atoms with Crippen LogP contribution in [0.3, 0.4) is 0 Å². The van der Waals surface area contributed by atoms with Crippen LogP contribution in [-0.4, -0.2) is 36.5 Å². The van der Waals surface area contributed by atoms with Gasteiger partial charge in [0.1, 0.15) is 0 Å². The summed E-state index contributed by atoms with van der Waals surface area (Å²) in [4.78, 5) is 14.2. The average Bonchev–Trinajstić information content (AvgIpc) is 2.28. The lowest BCUT2D eigenvalue weighted by Gasteiger charge is -2.37. The molecule has 2 atom stereocenters. The van der Waals surface area contributed by atoms with Gasteiger partial charge in [-0.2, -0.15) is 0 Å². The summed E-state index contributed by atoms with van der Waals surface area (Å²) in [5.74, 6) is 0.841. The summed E-state index contributed by atoms with van der Waals surface area (Å²) in [5, 5.41) is 3.38. The molecule has 3 nitrogen and oxygen atoms in total. The van der Waals surface area contributed by atoms with Gasteiger partial charge in [-0.05, 0) is 38.6 Å². The summed E-state index contributed by atoms with van der Waals surface area (Å²) >= 11 is 0. The number of rotatable bonds is 4. The van der Waals surface area contributed by atoms with Crippen LogP contribution in [0.15, 0.2) is 0 Å². The van der Waals surface area contributed by atoms with Crippen molar-refractivity contribution in [3.05, 3.63) is 0 Å². The lowest BCUT2D eigenvalue weighted by atomic mass is 9.89. The molecule has 1 N–H and O–H groups in total. The fourth-order valence-corrected chi connectivity index (χ4v) is 2.34. The third kappa shape index (κ3) is 3.21. The van der Waals surface area contributed by atoms with Gasteiger partial charge in [0.05, 0.1) is 5.54 Å². The molecule has 1 fully saturated rings. The van der Waals surface area contributed by atoms with Crippen LogP contribution in [0.2, 0.25) is 0 Å². The van der Waals surface area contributed by atoms with E-state index >= 15 is 0 Å². The van der Waals surface area contributed by atoms with E-state index in [4.69, 9.17) is 0 Å². The van der Waals surface area contributed by atoms with Crippen molar-refractivity contribution in [3.8, 4) is 0 Å². The molecule has 1 rings (SSSR count). The van der Waals surface area contributed by atoms with Crippen molar-refractivity contribution >= 4 is 5.91 Å². The number of carbonyl (C=O) groups is 1. The summed E-state index contributed by atoms with van der Waals surface area (Å²) in [6.45, 7) is 8.25. The minimum atomic E-state index is -0.319. The smallest absolute Gasteiger partial charge is 0.242 e. The fourth-order valence-electron chi connectivity index (χ4n) is 2.34. The monoisotopic (exact) mass is 226 g/mol. The molecule has 0 aromatic carbocycles. The number of amides is 1. The van der Waals surface area contributed by atoms with Gasteiger partial charge in [-0.15, -0.1) is 0 Å². The molecule has 1 heterocycles. The van der Waals surface area contributed by atoms with E-state index in [1.807, 2.05) is 18.9 Å². The third-order valence-corrected chi connectivity index (χ3v) is 3.72. The quantitative estimate of drug-likeness (QED) is 0.795. The van der Waals surface area contributed by atoms with Crippen molar-refractivity contribution < 1.29 is 4.79 Å². The molecular formula is C13H26N2O. The molecule has 0 radical (unpaired) electrons. The molecule has 3 heteroatoms. The van der Waals surface area contributed by atoms with E-state index in [2.05, 4.69) is 19.2 Å². The number of piperidine rings is 1. The Balaban J connectivity index is 2.54. The molecule has 0 aromatic rings. The summed E-state index contributed by atoms with van der Waals surface area (Å²) in [7, 11) is 1.93. The molecule has 1 amide bonds. The molecule has 0 aromatic heterocycles. The van der Waals surface area contributed by atoms with Crippen molar-refractivity contribution in [1.82, 2.24) is 10.2 Å². The third-order valence-electron chi connectivity index (χ3n) is 3.72. The SMILES string of the molecule is CCC(C)CN(C)C(=O)C1(C)CCCCN1. The second-order valence-electron chi connectivity index (χ2n) is 5.42. The van der Waals surface area contributed by atoms with Crippen molar-refractivity contribution in [2.24, 2.45) is 5.92 Å². The highest BCUT2D eigenvalue weighted by Gasteiger charge is 2.36. The molecule has 0 spiro atoms. The Kier molecular flexibility index (Phi) is 4.78. The van der Waals surface area contributed by atoms with Crippen molar-refractivity contribution in [3.63, 3.8) is 0 Å². The van der Waals surface area contributed by atoms with Gasteiger partial charge in [0.25, 0.3) is 0 Å². The Hall–Kier alpha value is -0.570. The maximum atomic E-state index is 12.3. The molecule has 0 aliphatic carbocycles. The first-order valence-electron chi connectivity index (χ1n) is 6.50. The number of nitrogens with zero attached hydrogens (tertiary/aromatic N) is 1. The van der Waals surface area contributed by atoms with Gasteiger partial charge < -0.3 is 10.2 Å². The molecule has 94 valence electrons. The summed E-state index contributed by atoms with van der Waals surface area (Å²) in [6.07, 6.45) is 4.45. The molecule has 1 aliphatic rings. The topological polar surface area (TPSA) is 32.3 Å². The molecular weight excluding hydrogens is 200 g/mol. The Bertz CT molecular complexity index is 234. The number of hydrogen-bond donors (Lipinski definition) is 1. The standard InChI is InChI=1S/C13H26N2O/c1-5-11(2)10-15(4)12(16)13(3)8-6-7-9-14-13/h11,14H,5-10H2,1-4H3. The van der Waals surface area contributed by atoms with Crippen LogP contribution < -0.4 is 5.32 Å². The Morgan fingerprint density at radius 3 is 2.69 bits per heavy atom. The van der Waals surface area contributed by atoms with Gasteiger partial charge in [-0.3, -0.25) is 4.79 Å². The van der Waals surface area contributed by atoms with Gasteiger partial charge in [-0.25, -0.2) is 0 Å². The largest absolute Gasteiger partial charge is 0.344 e. The number of hydrogen-bond acceptors (Lipinski definition) is 2. The van der Waals surface area contributed by atoms with Crippen LogP contribution in [0.4, 0.5) is 0 Å². The number of likely N-dealkylation sites (N-methyl/N-ethyl adjacent to an activating group) is 1. The molecule has 16 heavy (non-hydrogen) atoms. The van der Waals surface area contributed by atoms with E-state index in [0.29, 0.717) is 5.92 Å². The first-order valence-corrected chi connectivity index (χ1v) is 6.50. The fraction of sp³-hybridized carbons (Fsp3) is 0.923. The zero-order chi connectivity index (χ0) is 12.2. The van der Waals surface area contributed by atoms with E-state index < -0.39 is 0 Å². The zero-order valence-electron chi connectivity index (χ0n) is 11.2. The highest BCUT2D eigenvalue weighted by atomic mass is 16.2. The Labute approximate surface area is 99.6 Å². The van der Waals surface area contributed by atoms with E-state index in [0.717, 1.165) is 32.4 Å². The second kappa shape index (κ2) is 5.67. The number of nitrogens with one attached hydrogen (secondary N) is 1. The lowest BCUT2D eigenvalue weighted by molar-refractivity contribution is -0.137. The van der Waals surface area contributed by atoms with Crippen LogP contribution in [0.1, 0.15) is 46.5 Å². The van der Waals surface area contributed by atoms with E-state index in [1.54, 1.807) is 0 Å². The summed E-state index contributed by atoms with van der Waals surface area (Å²) < 4.78 is 0. The van der Waals surface area contributed by atoms with Gasteiger partial charge in [0.2, 0.25) is 5.91 Å². The van der Waals surface area contributed by atoms with Crippen LogP contribution in [0.5, 0.6) is 0 Å². The normalized spacial score (nSPS) is 27.5. The molecule has 1 saturated heterocycles. The second-order valence-corrected chi connectivity index (χ2v) is 5.42. The molecule has 2 unspecified atom stereocenters. The Morgan fingerprint density at radius 1 is 1.50 bits per heavy atom. The summed E-state index contributed by atoms with van der Waals surface area (Å²) in [6, 6.07) is 0. The summed E-state index contributed by atoms with van der Waals surface area (Å²) in [5.41, 5.74) is -0.319. The Morgan fingerprint density at radius 2 is 2.19 bits per heavy atom. The average molecular weight is 226 g/mol. The number of carbonyl (C=O) groups excluding carboxylic acids is 1. The predicted molar refractivity (Wildman–Crippen MR) is 67.4 cm³/mol.